The first-order valence-corrected chi connectivity index (χ1v) is 5.70. The maximum absolute atomic E-state index is 11.3. The van der Waals surface area contributed by atoms with Crippen LogP contribution in [0.15, 0.2) is 0 Å². The van der Waals surface area contributed by atoms with Gasteiger partial charge in [0.1, 0.15) is 0 Å². The molecule has 0 heterocycles. The second-order valence-corrected chi connectivity index (χ2v) is 4.92. The Labute approximate surface area is 110 Å². The van der Waals surface area contributed by atoms with E-state index in [4.69, 9.17) is 5.11 Å². The van der Waals surface area contributed by atoms with Gasteiger partial charge in [0.25, 0.3) is 0 Å². The summed E-state index contributed by atoms with van der Waals surface area (Å²) in [6.45, 7) is 5.11. The molecule has 0 aliphatic rings. The van der Waals surface area contributed by atoms with E-state index in [2.05, 4.69) is 10.6 Å². The number of aliphatic carboxylic acids is 1. The third kappa shape index (κ3) is 10.7. The number of rotatable bonds is 5. The fourth-order valence-electron chi connectivity index (χ4n) is 1.08. The lowest BCUT2D eigenvalue weighted by atomic mass is 10.1. The lowest BCUT2D eigenvalue weighted by molar-refractivity contribution is -0.138. The minimum Gasteiger partial charge on any atom is -0.481 e. The number of carbonyl (C=O) groups excluding carboxylic acids is 3. The van der Waals surface area contributed by atoms with Gasteiger partial charge in [-0.2, -0.15) is 0 Å². The molecular formula is C11H19N3O5. The Hall–Kier alpha value is -2.12. The summed E-state index contributed by atoms with van der Waals surface area (Å²) in [5.74, 6) is -2.23. The van der Waals surface area contributed by atoms with E-state index >= 15 is 0 Å². The Bertz CT molecular complexity index is 373. The molecule has 8 nitrogen and oxygen atoms in total. The third-order valence-corrected chi connectivity index (χ3v) is 1.74. The first-order chi connectivity index (χ1) is 8.60. The highest BCUT2D eigenvalue weighted by Gasteiger charge is 2.15. The van der Waals surface area contributed by atoms with Crippen LogP contribution in [0.5, 0.6) is 0 Å². The van der Waals surface area contributed by atoms with Crippen molar-refractivity contribution in [2.75, 3.05) is 6.54 Å². The SMILES string of the molecule is CC(C)(C)NC(=O)CNC(=O)NC(=O)CCC(=O)O. The molecule has 0 spiro atoms. The molecule has 0 rings (SSSR count). The van der Waals surface area contributed by atoms with Gasteiger partial charge < -0.3 is 15.7 Å². The van der Waals surface area contributed by atoms with Crippen LogP contribution >= 0.6 is 0 Å². The molecule has 0 fully saturated rings. The van der Waals surface area contributed by atoms with E-state index < -0.39 is 23.4 Å². The van der Waals surface area contributed by atoms with Crippen LogP contribution in [-0.4, -0.2) is 41.0 Å². The molecule has 0 saturated heterocycles. The fourth-order valence-corrected chi connectivity index (χ4v) is 1.08. The van der Waals surface area contributed by atoms with Crippen LogP contribution in [0.2, 0.25) is 0 Å². The zero-order valence-electron chi connectivity index (χ0n) is 11.2. The molecular weight excluding hydrogens is 254 g/mol. The summed E-state index contributed by atoms with van der Waals surface area (Å²) in [5.41, 5.74) is -0.410. The van der Waals surface area contributed by atoms with Gasteiger partial charge in [-0.3, -0.25) is 19.7 Å². The zero-order valence-corrected chi connectivity index (χ0v) is 11.2. The maximum Gasteiger partial charge on any atom is 0.321 e. The quantitative estimate of drug-likeness (QED) is 0.542. The molecule has 0 aliphatic carbocycles. The van der Waals surface area contributed by atoms with Crippen molar-refractivity contribution >= 4 is 23.8 Å². The van der Waals surface area contributed by atoms with E-state index in [1.165, 1.54) is 0 Å². The smallest absolute Gasteiger partial charge is 0.321 e. The number of nitrogens with one attached hydrogen (secondary N) is 3. The Morgan fingerprint density at radius 3 is 2.05 bits per heavy atom. The van der Waals surface area contributed by atoms with Crippen LogP contribution in [0.25, 0.3) is 0 Å². The molecule has 8 heteroatoms. The standard InChI is InChI=1S/C11H19N3O5/c1-11(2,3)14-8(16)6-12-10(19)13-7(15)4-5-9(17)18/h4-6H2,1-3H3,(H,14,16)(H,17,18)(H2,12,13,15,19). The van der Waals surface area contributed by atoms with Gasteiger partial charge in [-0.05, 0) is 20.8 Å². The summed E-state index contributed by atoms with van der Waals surface area (Å²) >= 11 is 0. The summed E-state index contributed by atoms with van der Waals surface area (Å²) in [7, 11) is 0. The average Bonchev–Trinajstić information content (AvgIpc) is 2.21. The third-order valence-electron chi connectivity index (χ3n) is 1.74. The van der Waals surface area contributed by atoms with Crippen LogP contribution in [0, 0.1) is 0 Å². The Morgan fingerprint density at radius 2 is 1.58 bits per heavy atom. The lowest BCUT2D eigenvalue weighted by Crippen LogP contribution is -2.48. The molecule has 4 amide bonds. The highest BCUT2D eigenvalue weighted by molar-refractivity contribution is 5.96. The van der Waals surface area contributed by atoms with Crippen molar-refractivity contribution in [3.05, 3.63) is 0 Å². The molecule has 0 aliphatic heterocycles. The fraction of sp³-hybridized carbons (Fsp3) is 0.636. The number of carboxylic acid groups (broad SMARTS) is 1. The van der Waals surface area contributed by atoms with Gasteiger partial charge in [-0.1, -0.05) is 0 Å². The van der Waals surface area contributed by atoms with Gasteiger partial charge >= 0.3 is 12.0 Å². The predicted octanol–water partition coefficient (Wildman–Crippen LogP) is -0.408. The van der Waals surface area contributed by atoms with E-state index in [0.29, 0.717) is 0 Å². The van der Waals surface area contributed by atoms with E-state index in [1.54, 1.807) is 20.8 Å². The van der Waals surface area contributed by atoms with Crippen molar-refractivity contribution in [3.63, 3.8) is 0 Å². The summed E-state index contributed by atoms with van der Waals surface area (Å²) in [6.07, 6.45) is -0.652. The molecule has 0 aromatic carbocycles. The number of urea groups is 1. The van der Waals surface area contributed by atoms with Crippen molar-refractivity contribution in [2.45, 2.75) is 39.2 Å². The number of imide groups is 1. The van der Waals surface area contributed by atoms with E-state index in [1.807, 2.05) is 5.32 Å². The number of hydrogen-bond acceptors (Lipinski definition) is 4. The van der Waals surface area contributed by atoms with E-state index in [9.17, 15) is 19.2 Å². The molecule has 0 bridgehead atoms. The summed E-state index contributed by atoms with van der Waals surface area (Å²) in [5, 5.41) is 15.1. The van der Waals surface area contributed by atoms with Gasteiger partial charge in [0.2, 0.25) is 11.8 Å². The number of carboxylic acids is 1. The molecule has 0 unspecified atom stereocenters. The monoisotopic (exact) mass is 273 g/mol. The van der Waals surface area contributed by atoms with E-state index in [-0.39, 0.29) is 25.3 Å². The van der Waals surface area contributed by atoms with Crippen LogP contribution in [0.3, 0.4) is 0 Å². The van der Waals surface area contributed by atoms with Gasteiger partial charge in [-0.25, -0.2) is 4.79 Å². The molecule has 0 radical (unpaired) electrons. The van der Waals surface area contributed by atoms with Crippen molar-refractivity contribution in [1.29, 1.82) is 0 Å². The average molecular weight is 273 g/mol. The summed E-state index contributed by atoms with van der Waals surface area (Å²) < 4.78 is 0. The van der Waals surface area contributed by atoms with Gasteiger partial charge in [0, 0.05) is 12.0 Å². The van der Waals surface area contributed by atoms with Crippen molar-refractivity contribution < 1.29 is 24.3 Å². The Kier molecular flexibility index (Phi) is 6.53. The molecule has 4 N–H and O–H groups in total. The lowest BCUT2D eigenvalue weighted by Gasteiger charge is -2.20. The van der Waals surface area contributed by atoms with Gasteiger partial charge in [0.05, 0.1) is 13.0 Å². The first kappa shape index (κ1) is 16.9. The number of hydrogen-bond donors (Lipinski definition) is 4. The van der Waals surface area contributed by atoms with Crippen LogP contribution < -0.4 is 16.0 Å². The summed E-state index contributed by atoms with van der Waals surface area (Å²) in [4.78, 5) is 43.8. The minimum atomic E-state index is -1.12. The van der Waals surface area contributed by atoms with Crippen LogP contribution in [0.4, 0.5) is 4.79 Å². The first-order valence-electron chi connectivity index (χ1n) is 5.70. The molecule has 0 atom stereocenters. The van der Waals surface area contributed by atoms with Crippen LogP contribution in [-0.2, 0) is 14.4 Å². The number of carbonyl (C=O) groups is 4. The molecule has 108 valence electrons. The molecule has 19 heavy (non-hydrogen) atoms. The molecule has 0 saturated carbocycles. The van der Waals surface area contributed by atoms with Crippen molar-refractivity contribution in [3.8, 4) is 0 Å². The number of amides is 4. The zero-order chi connectivity index (χ0) is 15.1. The van der Waals surface area contributed by atoms with Gasteiger partial charge in [0.15, 0.2) is 0 Å². The van der Waals surface area contributed by atoms with Crippen molar-refractivity contribution in [2.24, 2.45) is 0 Å². The van der Waals surface area contributed by atoms with E-state index in [0.717, 1.165) is 0 Å². The topological polar surface area (TPSA) is 125 Å². The Morgan fingerprint density at radius 1 is 1.00 bits per heavy atom. The van der Waals surface area contributed by atoms with Gasteiger partial charge in [-0.15, -0.1) is 0 Å². The molecule has 0 aromatic rings. The maximum atomic E-state index is 11.3. The highest BCUT2D eigenvalue weighted by Crippen LogP contribution is 1.97. The van der Waals surface area contributed by atoms with Crippen LogP contribution in [0.1, 0.15) is 33.6 Å². The normalized spacial score (nSPS) is 10.5. The predicted molar refractivity (Wildman–Crippen MR) is 66.3 cm³/mol. The second kappa shape index (κ2) is 7.34. The minimum absolute atomic E-state index is 0.269. The highest BCUT2D eigenvalue weighted by atomic mass is 16.4. The second-order valence-electron chi connectivity index (χ2n) is 4.92. The largest absolute Gasteiger partial charge is 0.481 e. The van der Waals surface area contributed by atoms with Crippen molar-refractivity contribution in [1.82, 2.24) is 16.0 Å². The Balaban J connectivity index is 3.90. The summed E-state index contributed by atoms with van der Waals surface area (Å²) in [6, 6.07) is -0.834. The molecule has 0 aromatic heterocycles.